The summed E-state index contributed by atoms with van der Waals surface area (Å²) < 4.78 is 0. The van der Waals surface area contributed by atoms with E-state index in [4.69, 9.17) is 5.73 Å². The first kappa shape index (κ1) is 18.7. The molecule has 0 radical (unpaired) electrons. The van der Waals surface area contributed by atoms with E-state index in [1.807, 2.05) is 51.1 Å². The van der Waals surface area contributed by atoms with E-state index in [0.29, 0.717) is 10.0 Å². The number of H-pyrrole nitrogens is 1. The molecule has 7 nitrogen and oxygen atoms in total. The van der Waals surface area contributed by atoms with Crippen LogP contribution >= 0.6 is 11.3 Å². The third-order valence-corrected chi connectivity index (χ3v) is 4.85. The Morgan fingerprint density at radius 2 is 1.85 bits per heavy atom. The number of hydrogen-bond acceptors (Lipinski definition) is 5. The summed E-state index contributed by atoms with van der Waals surface area (Å²) in [6.07, 6.45) is 0. The maximum atomic E-state index is 12.5. The van der Waals surface area contributed by atoms with E-state index in [2.05, 4.69) is 20.8 Å². The highest BCUT2D eigenvalue weighted by Gasteiger charge is 2.21. The number of benzene rings is 1. The average Bonchev–Trinajstić information content (AvgIpc) is 3.23. The van der Waals surface area contributed by atoms with Crippen LogP contribution in [0.15, 0.2) is 42.5 Å². The van der Waals surface area contributed by atoms with E-state index in [-0.39, 0.29) is 16.7 Å². The fraction of sp³-hybridized carbons (Fsp3) is 0.211. The van der Waals surface area contributed by atoms with Crippen LogP contribution in [-0.2, 0) is 5.41 Å². The maximum absolute atomic E-state index is 12.5. The molecule has 0 bridgehead atoms. The molecule has 0 aliphatic rings. The molecule has 27 heavy (non-hydrogen) atoms. The molecule has 3 rings (SSSR count). The van der Waals surface area contributed by atoms with Gasteiger partial charge in [0.25, 0.3) is 11.8 Å². The van der Waals surface area contributed by atoms with Crippen molar-refractivity contribution in [1.29, 1.82) is 0 Å². The highest BCUT2D eigenvalue weighted by molar-refractivity contribution is 7.20. The molecule has 0 fully saturated rings. The summed E-state index contributed by atoms with van der Waals surface area (Å²) in [6.45, 7) is 6.07. The fourth-order valence-corrected chi connectivity index (χ4v) is 3.36. The van der Waals surface area contributed by atoms with E-state index >= 15 is 0 Å². The number of aromatic amines is 1. The Morgan fingerprint density at radius 3 is 2.44 bits per heavy atom. The number of anilines is 3. The molecule has 2 amide bonds. The summed E-state index contributed by atoms with van der Waals surface area (Å²) in [5.74, 6) is -1.02. The summed E-state index contributed by atoms with van der Waals surface area (Å²) in [5.41, 5.74) is 7.53. The number of thiophene rings is 1. The third-order valence-electron chi connectivity index (χ3n) is 3.88. The van der Waals surface area contributed by atoms with E-state index < -0.39 is 11.8 Å². The lowest BCUT2D eigenvalue weighted by molar-refractivity contribution is 0.100. The van der Waals surface area contributed by atoms with Crippen LogP contribution in [0.1, 0.15) is 47.3 Å². The van der Waals surface area contributed by atoms with E-state index in [0.717, 1.165) is 11.4 Å². The second-order valence-corrected chi connectivity index (χ2v) is 8.13. The van der Waals surface area contributed by atoms with Crippen molar-refractivity contribution >= 4 is 38.8 Å². The van der Waals surface area contributed by atoms with E-state index in [9.17, 15) is 9.59 Å². The molecular formula is C19H21N5O2S. The highest BCUT2D eigenvalue weighted by atomic mass is 32.1. The van der Waals surface area contributed by atoms with Gasteiger partial charge in [-0.1, -0.05) is 50.3 Å². The first-order chi connectivity index (χ1) is 12.7. The van der Waals surface area contributed by atoms with Crippen molar-refractivity contribution in [2.75, 3.05) is 10.6 Å². The summed E-state index contributed by atoms with van der Waals surface area (Å²) in [4.78, 5) is 24.3. The number of nitrogens with one attached hydrogen (secondary N) is 3. The van der Waals surface area contributed by atoms with Gasteiger partial charge in [0, 0.05) is 16.8 Å². The zero-order chi connectivity index (χ0) is 19.6. The monoisotopic (exact) mass is 383 g/mol. The Hall–Kier alpha value is -3.13. The van der Waals surface area contributed by atoms with Gasteiger partial charge in [-0.25, -0.2) is 0 Å². The SMILES string of the molecule is CC(C)(C)c1cc(C(=O)Nc2sc(Nc3ccccc3)cc2C(N)=O)n[nH]1. The number of primary amides is 1. The lowest BCUT2D eigenvalue weighted by atomic mass is 9.92. The summed E-state index contributed by atoms with van der Waals surface area (Å²) in [6, 6.07) is 12.8. The minimum atomic E-state index is -0.611. The Morgan fingerprint density at radius 1 is 1.15 bits per heavy atom. The first-order valence-electron chi connectivity index (χ1n) is 8.37. The van der Waals surface area contributed by atoms with Gasteiger partial charge in [-0.05, 0) is 24.3 Å². The molecule has 1 aromatic carbocycles. The van der Waals surface area contributed by atoms with Crippen molar-refractivity contribution in [1.82, 2.24) is 10.2 Å². The van der Waals surface area contributed by atoms with Crippen LogP contribution < -0.4 is 16.4 Å². The van der Waals surface area contributed by atoms with Gasteiger partial charge in [0.2, 0.25) is 0 Å². The third kappa shape index (κ3) is 4.35. The molecule has 0 aliphatic heterocycles. The van der Waals surface area contributed by atoms with E-state index in [1.165, 1.54) is 11.3 Å². The maximum Gasteiger partial charge on any atom is 0.276 e. The van der Waals surface area contributed by atoms with Crippen LogP contribution in [0.5, 0.6) is 0 Å². The van der Waals surface area contributed by atoms with Gasteiger partial charge in [0.15, 0.2) is 5.69 Å². The number of amides is 2. The Balaban J connectivity index is 1.82. The Bertz CT molecular complexity index is 970. The molecule has 5 N–H and O–H groups in total. The van der Waals surface area contributed by atoms with Crippen molar-refractivity contribution in [2.45, 2.75) is 26.2 Å². The van der Waals surface area contributed by atoms with Crippen LogP contribution in [0.2, 0.25) is 0 Å². The molecule has 140 valence electrons. The van der Waals surface area contributed by atoms with Gasteiger partial charge in [-0.2, -0.15) is 5.10 Å². The molecule has 2 heterocycles. The number of carbonyl (C=O) groups excluding carboxylic acids is 2. The largest absolute Gasteiger partial charge is 0.366 e. The average molecular weight is 383 g/mol. The molecule has 0 atom stereocenters. The van der Waals surface area contributed by atoms with Crippen LogP contribution in [-0.4, -0.2) is 22.0 Å². The second-order valence-electron chi connectivity index (χ2n) is 7.08. The van der Waals surface area contributed by atoms with Crippen LogP contribution in [0.3, 0.4) is 0 Å². The molecule has 8 heteroatoms. The molecule has 0 saturated heterocycles. The Labute approximate surface area is 161 Å². The van der Waals surface area contributed by atoms with Crippen molar-refractivity contribution in [3.8, 4) is 0 Å². The zero-order valence-corrected chi connectivity index (χ0v) is 16.1. The van der Waals surface area contributed by atoms with Crippen LogP contribution in [0, 0.1) is 0 Å². The van der Waals surface area contributed by atoms with Crippen molar-refractivity contribution in [3.05, 3.63) is 59.4 Å². The van der Waals surface area contributed by atoms with Gasteiger partial charge in [-0.15, -0.1) is 0 Å². The number of hydrogen-bond donors (Lipinski definition) is 4. The summed E-state index contributed by atoms with van der Waals surface area (Å²) >= 11 is 1.24. The summed E-state index contributed by atoms with van der Waals surface area (Å²) in [7, 11) is 0. The zero-order valence-electron chi connectivity index (χ0n) is 15.3. The fourth-order valence-electron chi connectivity index (χ4n) is 2.38. The Kier molecular flexibility index (Phi) is 5.00. The summed E-state index contributed by atoms with van der Waals surface area (Å²) in [5, 5.41) is 13.9. The molecule has 0 aliphatic carbocycles. The van der Waals surface area contributed by atoms with Crippen LogP contribution in [0.4, 0.5) is 15.7 Å². The van der Waals surface area contributed by atoms with Gasteiger partial charge >= 0.3 is 0 Å². The molecular weight excluding hydrogens is 362 g/mol. The first-order valence-corrected chi connectivity index (χ1v) is 9.18. The molecule has 3 aromatic rings. The van der Waals surface area contributed by atoms with E-state index in [1.54, 1.807) is 12.1 Å². The normalized spacial score (nSPS) is 11.2. The lowest BCUT2D eigenvalue weighted by Gasteiger charge is -2.14. The number of rotatable bonds is 5. The van der Waals surface area contributed by atoms with Crippen molar-refractivity contribution < 1.29 is 9.59 Å². The molecule has 2 aromatic heterocycles. The number of para-hydroxylation sites is 1. The predicted octanol–water partition coefficient (Wildman–Crippen LogP) is 3.86. The van der Waals surface area contributed by atoms with Crippen molar-refractivity contribution in [2.24, 2.45) is 5.73 Å². The van der Waals surface area contributed by atoms with Gasteiger partial charge < -0.3 is 16.4 Å². The number of nitrogens with zero attached hydrogens (tertiary/aromatic N) is 1. The standard InChI is InChI=1S/C19H21N5O2S/c1-19(2,3)14-10-13(23-24-14)17(26)22-18-12(16(20)25)9-15(27-18)21-11-7-5-4-6-8-11/h4-10,21H,1-3H3,(H2,20,25)(H,22,26)(H,23,24). The topological polar surface area (TPSA) is 113 Å². The number of nitrogens with two attached hydrogens (primary N) is 1. The van der Waals surface area contributed by atoms with Gasteiger partial charge in [-0.3, -0.25) is 14.7 Å². The lowest BCUT2D eigenvalue weighted by Crippen LogP contribution is -2.16. The highest BCUT2D eigenvalue weighted by Crippen LogP contribution is 2.34. The number of carbonyl (C=O) groups is 2. The van der Waals surface area contributed by atoms with Crippen LogP contribution in [0.25, 0.3) is 0 Å². The molecule has 0 spiro atoms. The quantitative estimate of drug-likeness (QED) is 0.536. The predicted molar refractivity (Wildman–Crippen MR) is 108 cm³/mol. The van der Waals surface area contributed by atoms with Gasteiger partial charge in [0.1, 0.15) is 5.00 Å². The minimum Gasteiger partial charge on any atom is -0.366 e. The molecule has 0 saturated carbocycles. The van der Waals surface area contributed by atoms with Crippen molar-refractivity contribution in [3.63, 3.8) is 0 Å². The smallest absolute Gasteiger partial charge is 0.276 e. The van der Waals surface area contributed by atoms with Gasteiger partial charge in [0.05, 0.1) is 10.6 Å². The number of aromatic nitrogens is 2. The molecule has 0 unspecified atom stereocenters. The second kappa shape index (κ2) is 7.24. The minimum absolute atomic E-state index is 0.153.